The van der Waals surface area contributed by atoms with Crippen LogP contribution in [-0.4, -0.2) is 49.3 Å². The Morgan fingerprint density at radius 3 is 2.72 bits per heavy atom. The van der Waals surface area contributed by atoms with Gasteiger partial charge < -0.3 is 15.4 Å². The SMILES string of the molecule is CC1CN(C(=O)CCOCC(F)(F)F)CCC1N. The van der Waals surface area contributed by atoms with Crippen LogP contribution in [0.15, 0.2) is 0 Å². The lowest BCUT2D eigenvalue weighted by atomic mass is 9.95. The first-order valence-electron chi connectivity index (χ1n) is 5.97. The number of alkyl halides is 3. The third-order valence-corrected chi connectivity index (χ3v) is 3.05. The minimum atomic E-state index is -4.34. The Bertz CT molecular complexity index is 284. The van der Waals surface area contributed by atoms with E-state index in [2.05, 4.69) is 4.74 Å². The molecule has 1 saturated heterocycles. The summed E-state index contributed by atoms with van der Waals surface area (Å²) in [4.78, 5) is 13.3. The second-order valence-electron chi connectivity index (χ2n) is 4.69. The minimum Gasteiger partial charge on any atom is -0.372 e. The summed E-state index contributed by atoms with van der Waals surface area (Å²) in [6, 6.07) is 0.0931. The van der Waals surface area contributed by atoms with E-state index < -0.39 is 12.8 Å². The first kappa shape index (κ1) is 15.2. The van der Waals surface area contributed by atoms with Crippen molar-refractivity contribution in [1.82, 2.24) is 4.90 Å². The van der Waals surface area contributed by atoms with Gasteiger partial charge in [0.25, 0.3) is 0 Å². The lowest BCUT2D eigenvalue weighted by molar-refractivity contribution is -0.175. The molecule has 0 spiro atoms. The Kier molecular flexibility index (Phi) is 5.40. The van der Waals surface area contributed by atoms with Crippen molar-refractivity contribution in [2.75, 3.05) is 26.3 Å². The molecule has 1 amide bonds. The van der Waals surface area contributed by atoms with Crippen LogP contribution in [0.25, 0.3) is 0 Å². The Morgan fingerprint density at radius 2 is 2.17 bits per heavy atom. The van der Waals surface area contributed by atoms with Crippen molar-refractivity contribution in [1.29, 1.82) is 0 Å². The van der Waals surface area contributed by atoms with Gasteiger partial charge in [0.05, 0.1) is 13.0 Å². The van der Waals surface area contributed by atoms with Gasteiger partial charge in [-0.2, -0.15) is 13.2 Å². The van der Waals surface area contributed by atoms with Crippen molar-refractivity contribution < 1.29 is 22.7 Å². The van der Waals surface area contributed by atoms with E-state index in [0.29, 0.717) is 13.1 Å². The molecule has 1 aliphatic rings. The van der Waals surface area contributed by atoms with Crippen molar-refractivity contribution in [3.63, 3.8) is 0 Å². The molecule has 0 aliphatic carbocycles. The van der Waals surface area contributed by atoms with E-state index in [1.807, 2.05) is 6.92 Å². The molecule has 2 atom stereocenters. The lowest BCUT2D eigenvalue weighted by Crippen LogP contribution is -2.48. The number of piperidine rings is 1. The van der Waals surface area contributed by atoms with E-state index in [0.717, 1.165) is 6.42 Å². The topological polar surface area (TPSA) is 55.6 Å². The van der Waals surface area contributed by atoms with Gasteiger partial charge in [-0.05, 0) is 12.3 Å². The van der Waals surface area contributed by atoms with E-state index >= 15 is 0 Å². The number of halogens is 3. The molecule has 106 valence electrons. The first-order valence-corrected chi connectivity index (χ1v) is 5.97. The van der Waals surface area contributed by atoms with E-state index in [1.165, 1.54) is 0 Å². The molecule has 1 heterocycles. The number of likely N-dealkylation sites (tertiary alicyclic amines) is 1. The van der Waals surface area contributed by atoms with Crippen molar-refractivity contribution in [3.8, 4) is 0 Å². The van der Waals surface area contributed by atoms with Crippen molar-refractivity contribution >= 4 is 5.91 Å². The van der Waals surface area contributed by atoms with Gasteiger partial charge >= 0.3 is 6.18 Å². The van der Waals surface area contributed by atoms with Crippen LogP contribution in [0.4, 0.5) is 13.2 Å². The third-order valence-electron chi connectivity index (χ3n) is 3.05. The van der Waals surface area contributed by atoms with E-state index in [-0.39, 0.29) is 30.9 Å². The second kappa shape index (κ2) is 6.38. The van der Waals surface area contributed by atoms with Gasteiger partial charge in [0.1, 0.15) is 6.61 Å². The zero-order valence-corrected chi connectivity index (χ0v) is 10.4. The summed E-state index contributed by atoms with van der Waals surface area (Å²) in [5, 5.41) is 0. The summed E-state index contributed by atoms with van der Waals surface area (Å²) in [6.45, 7) is 1.60. The van der Waals surface area contributed by atoms with Gasteiger partial charge in [0.2, 0.25) is 5.91 Å². The highest BCUT2D eigenvalue weighted by Gasteiger charge is 2.28. The average Bonchev–Trinajstić information content (AvgIpc) is 2.26. The van der Waals surface area contributed by atoms with Crippen molar-refractivity contribution in [3.05, 3.63) is 0 Å². The average molecular weight is 268 g/mol. The monoisotopic (exact) mass is 268 g/mol. The number of nitrogens with zero attached hydrogens (tertiary/aromatic N) is 1. The van der Waals surface area contributed by atoms with Gasteiger partial charge in [-0.15, -0.1) is 0 Å². The molecule has 1 aliphatic heterocycles. The molecule has 0 saturated carbocycles. The van der Waals surface area contributed by atoms with E-state index in [4.69, 9.17) is 5.73 Å². The Morgan fingerprint density at radius 1 is 1.50 bits per heavy atom. The summed E-state index contributed by atoms with van der Waals surface area (Å²) < 4.78 is 39.8. The third kappa shape index (κ3) is 5.22. The fourth-order valence-corrected chi connectivity index (χ4v) is 1.90. The molecule has 0 bridgehead atoms. The van der Waals surface area contributed by atoms with Gasteiger partial charge in [0, 0.05) is 19.1 Å². The Labute approximate surface area is 104 Å². The molecule has 0 aromatic rings. The zero-order chi connectivity index (χ0) is 13.8. The summed E-state index contributed by atoms with van der Waals surface area (Å²) in [5.41, 5.74) is 5.82. The molecule has 4 nitrogen and oxygen atoms in total. The maximum Gasteiger partial charge on any atom is 0.411 e. The normalized spacial score (nSPS) is 25.3. The van der Waals surface area contributed by atoms with Crippen LogP contribution < -0.4 is 5.73 Å². The summed E-state index contributed by atoms with van der Waals surface area (Å²) in [6.07, 6.45) is -3.62. The smallest absolute Gasteiger partial charge is 0.372 e. The zero-order valence-electron chi connectivity index (χ0n) is 10.4. The van der Waals surface area contributed by atoms with Gasteiger partial charge in [0.15, 0.2) is 0 Å². The van der Waals surface area contributed by atoms with Crippen LogP contribution in [0.5, 0.6) is 0 Å². The summed E-state index contributed by atoms with van der Waals surface area (Å²) >= 11 is 0. The summed E-state index contributed by atoms with van der Waals surface area (Å²) in [5.74, 6) is 0.0507. The Balaban J connectivity index is 2.21. The number of hydrogen-bond acceptors (Lipinski definition) is 3. The number of ether oxygens (including phenoxy) is 1. The van der Waals surface area contributed by atoms with Crippen molar-refractivity contribution in [2.45, 2.75) is 32.0 Å². The molecule has 0 aromatic carbocycles. The van der Waals surface area contributed by atoms with Crippen LogP contribution in [-0.2, 0) is 9.53 Å². The Hall–Kier alpha value is -0.820. The van der Waals surface area contributed by atoms with Gasteiger partial charge in [-0.3, -0.25) is 4.79 Å². The van der Waals surface area contributed by atoms with Gasteiger partial charge in [-0.1, -0.05) is 6.92 Å². The fourth-order valence-electron chi connectivity index (χ4n) is 1.90. The van der Waals surface area contributed by atoms with Crippen LogP contribution >= 0.6 is 0 Å². The number of carbonyl (C=O) groups is 1. The summed E-state index contributed by atoms with van der Waals surface area (Å²) in [7, 11) is 0. The van der Waals surface area contributed by atoms with Crippen molar-refractivity contribution in [2.24, 2.45) is 11.7 Å². The number of carbonyl (C=O) groups excluding carboxylic acids is 1. The maximum atomic E-state index is 11.8. The highest BCUT2D eigenvalue weighted by molar-refractivity contribution is 5.76. The lowest BCUT2D eigenvalue weighted by Gasteiger charge is -2.35. The standard InChI is InChI=1S/C11H19F3N2O2/c1-8-6-16(4-2-9(8)15)10(17)3-5-18-7-11(12,13)14/h8-9H,2-7,15H2,1H3. The maximum absolute atomic E-state index is 11.8. The molecule has 0 aromatic heterocycles. The second-order valence-corrected chi connectivity index (χ2v) is 4.69. The van der Waals surface area contributed by atoms with Crippen LogP contribution in [0.1, 0.15) is 19.8 Å². The highest BCUT2D eigenvalue weighted by Crippen LogP contribution is 2.16. The minimum absolute atomic E-state index is 0.0158. The molecule has 7 heteroatoms. The van der Waals surface area contributed by atoms with Crippen LogP contribution in [0, 0.1) is 5.92 Å². The molecular formula is C11H19F3N2O2. The molecule has 1 fully saturated rings. The van der Waals surface area contributed by atoms with Crippen LogP contribution in [0.2, 0.25) is 0 Å². The molecule has 18 heavy (non-hydrogen) atoms. The quantitative estimate of drug-likeness (QED) is 0.778. The molecule has 0 radical (unpaired) electrons. The first-order chi connectivity index (χ1) is 8.29. The molecule has 1 rings (SSSR count). The van der Waals surface area contributed by atoms with Gasteiger partial charge in [-0.25, -0.2) is 0 Å². The molecule has 2 N–H and O–H groups in total. The highest BCUT2D eigenvalue weighted by atomic mass is 19.4. The van der Waals surface area contributed by atoms with E-state index in [1.54, 1.807) is 4.90 Å². The largest absolute Gasteiger partial charge is 0.411 e. The predicted octanol–water partition coefficient (Wildman–Crippen LogP) is 1.15. The predicted molar refractivity (Wildman–Crippen MR) is 59.8 cm³/mol. The number of nitrogens with two attached hydrogens (primary N) is 1. The fraction of sp³-hybridized carbons (Fsp3) is 0.909. The van der Waals surface area contributed by atoms with E-state index in [9.17, 15) is 18.0 Å². The number of amides is 1. The van der Waals surface area contributed by atoms with Crippen LogP contribution in [0.3, 0.4) is 0 Å². The number of rotatable bonds is 4. The molecular weight excluding hydrogens is 249 g/mol. The number of hydrogen-bond donors (Lipinski definition) is 1. The molecule has 2 unspecified atom stereocenters.